The summed E-state index contributed by atoms with van der Waals surface area (Å²) in [4.78, 5) is 84.1. The van der Waals surface area contributed by atoms with Crippen LogP contribution in [0.25, 0.3) is 0 Å². The van der Waals surface area contributed by atoms with E-state index >= 15 is 0 Å². The number of hydrogen-bond donors (Lipinski definition) is 5. The summed E-state index contributed by atoms with van der Waals surface area (Å²) in [6.07, 6.45) is 13.2. The van der Waals surface area contributed by atoms with E-state index in [4.69, 9.17) is 0 Å². The number of amides is 5. The number of fused-ring (bicyclic) bond motifs is 1. The normalized spacial score (nSPS) is 27.0. The monoisotopic (exact) mass is 699 g/mol. The van der Waals surface area contributed by atoms with Crippen LogP contribution in [-0.2, 0) is 28.8 Å². The fraction of sp³-hybridized carbons (Fsp3) is 0.842. The number of ketones is 1. The van der Waals surface area contributed by atoms with Gasteiger partial charge in [-0.05, 0) is 94.3 Å². The molecule has 0 aromatic carbocycles. The Labute approximate surface area is 297 Å². The zero-order valence-corrected chi connectivity index (χ0v) is 30.7. The molecule has 280 valence electrons. The zero-order chi connectivity index (χ0) is 36.2. The van der Waals surface area contributed by atoms with Gasteiger partial charge in [-0.25, -0.2) is 0 Å². The van der Waals surface area contributed by atoms with Gasteiger partial charge in [-0.2, -0.15) is 0 Å². The van der Waals surface area contributed by atoms with E-state index in [0.29, 0.717) is 32.1 Å². The van der Waals surface area contributed by atoms with E-state index in [0.717, 1.165) is 83.5 Å². The van der Waals surface area contributed by atoms with Crippen molar-refractivity contribution >= 4 is 35.3 Å². The Hall–Kier alpha value is -3.02. The van der Waals surface area contributed by atoms with Crippen LogP contribution in [0.5, 0.6) is 0 Å². The Morgan fingerprint density at radius 2 is 1.46 bits per heavy atom. The molecule has 0 aromatic rings. The molecule has 5 amide bonds. The maximum Gasteiger partial charge on any atom is 0.289 e. The molecule has 12 heteroatoms. The first-order valence-corrected chi connectivity index (χ1v) is 19.5. The van der Waals surface area contributed by atoms with E-state index in [1.165, 1.54) is 0 Å². The Morgan fingerprint density at radius 1 is 0.820 bits per heavy atom. The van der Waals surface area contributed by atoms with Crippen LogP contribution >= 0.6 is 0 Å². The van der Waals surface area contributed by atoms with Crippen LogP contribution in [0.1, 0.15) is 143 Å². The van der Waals surface area contributed by atoms with Gasteiger partial charge in [-0.1, -0.05) is 66.2 Å². The van der Waals surface area contributed by atoms with Gasteiger partial charge < -0.3 is 31.3 Å². The number of aliphatic hydroxyl groups is 1. The summed E-state index contributed by atoms with van der Waals surface area (Å²) in [7, 11) is 0. The van der Waals surface area contributed by atoms with Gasteiger partial charge in [0.05, 0.1) is 6.04 Å². The molecule has 0 spiro atoms. The van der Waals surface area contributed by atoms with Gasteiger partial charge in [0.1, 0.15) is 23.7 Å². The molecular weight excluding hydrogens is 638 g/mol. The van der Waals surface area contributed by atoms with Crippen molar-refractivity contribution in [2.45, 2.75) is 185 Å². The lowest BCUT2D eigenvalue weighted by Gasteiger charge is -2.41. The molecule has 1 heterocycles. The van der Waals surface area contributed by atoms with E-state index in [2.05, 4.69) is 21.3 Å². The molecule has 2 unspecified atom stereocenters. The number of nitrogens with zero attached hydrogens (tertiary/aromatic N) is 1. The summed E-state index contributed by atoms with van der Waals surface area (Å²) in [6.45, 7) is 7.52. The maximum atomic E-state index is 14.8. The fourth-order valence-electron chi connectivity index (χ4n) is 8.84. The van der Waals surface area contributed by atoms with Crippen molar-refractivity contribution in [3.8, 4) is 0 Å². The topological polar surface area (TPSA) is 174 Å². The minimum atomic E-state index is -1.49. The Bertz CT molecular complexity index is 1280. The largest absolute Gasteiger partial charge is 0.380 e. The molecule has 4 saturated carbocycles. The third-order valence-electron chi connectivity index (χ3n) is 11.9. The van der Waals surface area contributed by atoms with E-state index < -0.39 is 64.6 Å². The highest BCUT2D eigenvalue weighted by Gasteiger charge is 2.52. The summed E-state index contributed by atoms with van der Waals surface area (Å²) in [5, 5.41) is 22.6. The van der Waals surface area contributed by atoms with Crippen LogP contribution in [0.4, 0.5) is 0 Å². The second-order valence-corrected chi connectivity index (χ2v) is 17.0. The van der Waals surface area contributed by atoms with Crippen molar-refractivity contribution < 1.29 is 33.9 Å². The van der Waals surface area contributed by atoms with Crippen molar-refractivity contribution in [3.63, 3.8) is 0 Å². The van der Waals surface area contributed by atoms with Crippen LogP contribution in [0.15, 0.2) is 0 Å². The van der Waals surface area contributed by atoms with Crippen molar-refractivity contribution in [3.05, 3.63) is 0 Å². The van der Waals surface area contributed by atoms with Crippen LogP contribution in [0, 0.1) is 17.3 Å². The molecule has 0 radical (unpaired) electrons. The lowest BCUT2D eigenvalue weighted by Crippen LogP contribution is -2.64. The summed E-state index contributed by atoms with van der Waals surface area (Å²) >= 11 is 0. The first kappa shape index (κ1) is 38.2. The second kappa shape index (κ2) is 16.1. The molecule has 4 aliphatic carbocycles. The molecule has 12 nitrogen and oxygen atoms in total. The molecule has 0 bridgehead atoms. The number of likely N-dealkylation sites (tertiary alicyclic amines) is 1. The standard InChI is InChI=1S/C38H61N5O7/c1-5-13-26(30(44)34(47)39-25-18-19-25)40-32(45)28-22-24-16-9-10-17-27(24)43(28)35(48)31(37(2,3)4)42-33(46)29(23-14-7-6-8-15-23)41-36(49)38(50)20-11-12-21-38/h23-29,31,50H,5-22H2,1-4H3,(H,39,47)(H,40,45)(H,41,49)(H,42,46)/t24?,26-,27?,28+,29-,31+/m0/s1. The minimum absolute atomic E-state index is 0.0125. The number of rotatable bonds is 13. The van der Waals surface area contributed by atoms with Gasteiger partial charge in [0.15, 0.2) is 0 Å². The van der Waals surface area contributed by atoms with Crippen LogP contribution in [0.3, 0.4) is 0 Å². The highest BCUT2D eigenvalue weighted by Crippen LogP contribution is 2.41. The third-order valence-corrected chi connectivity index (χ3v) is 11.9. The SMILES string of the molecule is CCC[C@H](NC(=O)[C@H]1CC2CCCCC2N1C(=O)[C@@H](NC(=O)[C@@H](NC(=O)C1(O)CCCC1)C1CCCCC1)C(C)(C)C)C(=O)C(=O)NC1CC1. The smallest absolute Gasteiger partial charge is 0.289 e. The van der Waals surface area contributed by atoms with Crippen molar-refractivity contribution in [2.75, 3.05) is 0 Å². The number of hydrogen-bond acceptors (Lipinski definition) is 7. The number of Topliss-reactive ketones (excluding diaryl/α,β-unsaturated/α-hetero) is 1. The van der Waals surface area contributed by atoms with Gasteiger partial charge in [0, 0.05) is 12.1 Å². The molecule has 50 heavy (non-hydrogen) atoms. The van der Waals surface area contributed by atoms with Gasteiger partial charge in [0.25, 0.3) is 11.8 Å². The summed E-state index contributed by atoms with van der Waals surface area (Å²) in [5.41, 5.74) is -2.24. The first-order valence-electron chi connectivity index (χ1n) is 19.5. The van der Waals surface area contributed by atoms with Gasteiger partial charge in [-0.15, -0.1) is 0 Å². The Kier molecular flexibility index (Phi) is 12.3. The van der Waals surface area contributed by atoms with Crippen LogP contribution in [0.2, 0.25) is 0 Å². The maximum absolute atomic E-state index is 14.8. The van der Waals surface area contributed by atoms with Crippen LogP contribution in [-0.4, -0.2) is 87.2 Å². The van der Waals surface area contributed by atoms with Crippen molar-refractivity contribution in [1.29, 1.82) is 0 Å². The van der Waals surface area contributed by atoms with E-state index in [9.17, 15) is 33.9 Å². The average molecular weight is 700 g/mol. The summed E-state index contributed by atoms with van der Waals surface area (Å²) < 4.78 is 0. The number of carbonyl (C=O) groups is 6. The third kappa shape index (κ3) is 8.88. The van der Waals surface area contributed by atoms with Crippen molar-refractivity contribution in [1.82, 2.24) is 26.2 Å². The average Bonchev–Trinajstić information content (AvgIpc) is 3.64. The quantitative estimate of drug-likeness (QED) is 0.184. The molecular formula is C38H61N5O7. The molecule has 5 N–H and O–H groups in total. The Balaban J connectivity index is 1.37. The lowest BCUT2D eigenvalue weighted by atomic mass is 9.81. The van der Waals surface area contributed by atoms with E-state index in [1.807, 2.05) is 27.7 Å². The molecule has 6 atom stereocenters. The van der Waals surface area contributed by atoms with E-state index in [-0.39, 0.29) is 29.8 Å². The molecule has 1 saturated heterocycles. The molecule has 0 aromatic heterocycles. The van der Waals surface area contributed by atoms with E-state index in [1.54, 1.807) is 4.90 Å². The lowest BCUT2D eigenvalue weighted by molar-refractivity contribution is -0.148. The predicted molar refractivity (Wildman–Crippen MR) is 187 cm³/mol. The summed E-state index contributed by atoms with van der Waals surface area (Å²) in [6, 6.07) is -3.90. The minimum Gasteiger partial charge on any atom is -0.380 e. The zero-order valence-electron chi connectivity index (χ0n) is 30.7. The fourth-order valence-corrected chi connectivity index (χ4v) is 8.84. The Morgan fingerprint density at radius 3 is 2.08 bits per heavy atom. The summed E-state index contributed by atoms with van der Waals surface area (Å²) in [5.74, 6) is -3.14. The van der Waals surface area contributed by atoms with Gasteiger partial charge >= 0.3 is 0 Å². The molecule has 1 aliphatic heterocycles. The van der Waals surface area contributed by atoms with Gasteiger partial charge in [0.2, 0.25) is 23.5 Å². The molecule has 5 rings (SSSR count). The predicted octanol–water partition coefficient (Wildman–Crippen LogP) is 3.18. The highest BCUT2D eigenvalue weighted by atomic mass is 16.3. The van der Waals surface area contributed by atoms with Gasteiger partial charge in [-0.3, -0.25) is 28.8 Å². The molecule has 5 fully saturated rings. The highest BCUT2D eigenvalue weighted by molar-refractivity contribution is 6.38. The second-order valence-electron chi connectivity index (χ2n) is 17.0. The van der Waals surface area contributed by atoms with Crippen LogP contribution < -0.4 is 21.3 Å². The molecule has 5 aliphatic rings. The first-order chi connectivity index (χ1) is 23.7. The number of carbonyl (C=O) groups excluding carboxylic acids is 6. The van der Waals surface area contributed by atoms with Crippen molar-refractivity contribution in [2.24, 2.45) is 17.3 Å². The number of nitrogens with one attached hydrogen (secondary N) is 4.